The van der Waals surface area contributed by atoms with Gasteiger partial charge in [-0.05, 0) is 29.7 Å². The van der Waals surface area contributed by atoms with Gasteiger partial charge in [0, 0.05) is 20.3 Å². The molecule has 0 bridgehead atoms. The highest BCUT2D eigenvalue weighted by atomic mass is 16.6. The summed E-state index contributed by atoms with van der Waals surface area (Å²) in [5.74, 6) is 3.43. The van der Waals surface area contributed by atoms with Crippen molar-refractivity contribution in [1.29, 1.82) is 0 Å². The molecule has 1 aliphatic heterocycles. The van der Waals surface area contributed by atoms with Crippen molar-refractivity contribution < 1.29 is 9.47 Å². The number of nitrogens with zero attached hydrogens (tertiary/aromatic N) is 3. The minimum Gasteiger partial charge on any atom is -0.486 e. The number of hydrogen-bond donors (Lipinski definition) is 2. The third-order valence-electron chi connectivity index (χ3n) is 4.69. The first-order valence-corrected chi connectivity index (χ1v) is 9.21. The summed E-state index contributed by atoms with van der Waals surface area (Å²) < 4.78 is 11.4. The van der Waals surface area contributed by atoms with Crippen molar-refractivity contribution in [3.8, 4) is 11.5 Å². The highest BCUT2D eigenvalue weighted by molar-refractivity contribution is 5.88. The molecule has 1 atom stereocenters. The van der Waals surface area contributed by atoms with E-state index in [-0.39, 0.29) is 6.04 Å². The molecule has 0 saturated carbocycles. The summed E-state index contributed by atoms with van der Waals surface area (Å²) >= 11 is 0. The van der Waals surface area contributed by atoms with E-state index in [1.165, 1.54) is 0 Å². The molecule has 1 aromatic carbocycles. The Balaban J connectivity index is 1.72. The highest BCUT2D eigenvalue weighted by Gasteiger charge is 2.22. The SMILES string of the molecule is CC(C)[C@@H](Nc1nc(N(C)C)nc2[nH]ccc12)c1ccc2c(c1)OCCO2. The van der Waals surface area contributed by atoms with Gasteiger partial charge in [-0.1, -0.05) is 19.9 Å². The number of hydrogen-bond acceptors (Lipinski definition) is 6. The molecule has 0 fully saturated rings. The lowest BCUT2D eigenvalue weighted by molar-refractivity contribution is 0.171. The molecule has 7 heteroatoms. The molecule has 0 amide bonds. The predicted molar refractivity (Wildman–Crippen MR) is 107 cm³/mol. The standard InChI is InChI=1S/C20H25N5O2/c1-12(2)17(13-5-6-15-16(11-13)27-10-9-26-15)22-19-14-7-8-21-18(14)23-20(24-19)25(3)4/h5-8,11-12,17H,9-10H2,1-4H3,(H2,21,22,23,24)/t17-/m1/s1. The number of nitrogens with one attached hydrogen (secondary N) is 2. The smallest absolute Gasteiger partial charge is 0.228 e. The fourth-order valence-electron chi connectivity index (χ4n) is 3.28. The quantitative estimate of drug-likeness (QED) is 0.718. The summed E-state index contributed by atoms with van der Waals surface area (Å²) in [6, 6.07) is 8.21. The highest BCUT2D eigenvalue weighted by Crippen LogP contribution is 2.36. The van der Waals surface area contributed by atoms with Crippen LogP contribution in [0.5, 0.6) is 11.5 Å². The van der Waals surface area contributed by atoms with Crippen molar-refractivity contribution in [2.24, 2.45) is 5.92 Å². The second-order valence-electron chi connectivity index (χ2n) is 7.28. The topological polar surface area (TPSA) is 75.3 Å². The molecule has 0 spiro atoms. The van der Waals surface area contributed by atoms with Crippen LogP contribution in [0.1, 0.15) is 25.5 Å². The van der Waals surface area contributed by atoms with Gasteiger partial charge in [-0.3, -0.25) is 0 Å². The number of ether oxygens (including phenoxy) is 2. The molecule has 4 rings (SSSR count). The van der Waals surface area contributed by atoms with E-state index in [4.69, 9.17) is 14.5 Å². The Morgan fingerprint density at radius 3 is 2.59 bits per heavy atom. The van der Waals surface area contributed by atoms with Crippen LogP contribution in [0.2, 0.25) is 0 Å². The van der Waals surface area contributed by atoms with E-state index in [1.807, 2.05) is 37.3 Å². The summed E-state index contributed by atoms with van der Waals surface area (Å²) in [7, 11) is 3.88. The molecular weight excluding hydrogens is 342 g/mol. The largest absolute Gasteiger partial charge is 0.486 e. The molecule has 0 radical (unpaired) electrons. The zero-order valence-electron chi connectivity index (χ0n) is 16.1. The Hall–Kier alpha value is -2.96. The van der Waals surface area contributed by atoms with Crippen LogP contribution in [0.15, 0.2) is 30.5 Å². The average molecular weight is 367 g/mol. The molecule has 1 aliphatic rings. The van der Waals surface area contributed by atoms with Crippen LogP contribution in [0, 0.1) is 5.92 Å². The van der Waals surface area contributed by atoms with Crippen LogP contribution in [0.25, 0.3) is 11.0 Å². The van der Waals surface area contributed by atoms with Crippen LogP contribution >= 0.6 is 0 Å². The third kappa shape index (κ3) is 3.37. The zero-order chi connectivity index (χ0) is 19.0. The molecule has 0 unspecified atom stereocenters. The van der Waals surface area contributed by atoms with E-state index in [0.717, 1.165) is 33.9 Å². The van der Waals surface area contributed by atoms with E-state index in [2.05, 4.69) is 41.3 Å². The molecule has 0 saturated heterocycles. The number of anilines is 2. The molecule has 3 heterocycles. The normalized spacial score (nSPS) is 14.4. The summed E-state index contributed by atoms with van der Waals surface area (Å²) in [4.78, 5) is 14.4. The van der Waals surface area contributed by atoms with Crippen molar-refractivity contribution in [2.75, 3.05) is 37.5 Å². The van der Waals surface area contributed by atoms with Crippen LogP contribution in [0.4, 0.5) is 11.8 Å². The molecule has 3 aromatic rings. The molecule has 142 valence electrons. The van der Waals surface area contributed by atoms with Crippen LogP contribution in [0.3, 0.4) is 0 Å². The Kier molecular flexibility index (Phi) is 4.51. The van der Waals surface area contributed by atoms with Crippen molar-refractivity contribution in [2.45, 2.75) is 19.9 Å². The van der Waals surface area contributed by atoms with E-state index in [0.29, 0.717) is 25.1 Å². The molecule has 2 N–H and O–H groups in total. The van der Waals surface area contributed by atoms with Gasteiger partial charge in [0.1, 0.15) is 24.7 Å². The Labute approximate surface area is 158 Å². The Bertz CT molecular complexity index is 951. The first kappa shape index (κ1) is 17.5. The van der Waals surface area contributed by atoms with Gasteiger partial charge in [0.05, 0.1) is 11.4 Å². The Morgan fingerprint density at radius 2 is 1.85 bits per heavy atom. The second kappa shape index (κ2) is 6.98. The second-order valence-corrected chi connectivity index (χ2v) is 7.28. The van der Waals surface area contributed by atoms with Gasteiger partial charge in [0.2, 0.25) is 5.95 Å². The number of fused-ring (bicyclic) bond motifs is 2. The van der Waals surface area contributed by atoms with Crippen LogP contribution in [-0.4, -0.2) is 42.3 Å². The number of aromatic nitrogens is 3. The Morgan fingerprint density at radius 1 is 1.07 bits per heavy atom. The predicted octanol–water partition coefficient (Wildman–Crippen LogP) is 3.60. The summed E-state index contributed by atoms with van der Waals surface area (Å²) in [5.41, 5.74) is 1.96. The molecular formula is C20H25N5O2. The minimum absolute atomic E-state index is 0.0730. The maximum atomic E-state index is 5.76. The van der Waals surface area contributed by atoms with E-state index < -0.39 is 0 Å². The van der Waals surface area contributed by atoms with Crippen LogP contribution in [-0.2, 0) is 0 Å². The van der Waals surface area contributed by atoms with Gasteiger partial charge >= 0.3 is 0 Å². The van der Waals surface area contributed by atoms with E-state index in [1.54, 1.807) is 0 Å². The summed E-state index contributed by atoms with van der Waals surface area (Å²) in [6.45, 7) is 5.56. The van der Waals surface area contributed by atoms with E-state index in [9.17, 15) is 0 Å². The van der Waals surface area contributed by atoms with Gasteiger partial charge in [-0.25, -0.2) is 0 Å². The lowest BCUT2D eigenvalue weighted by Crippen LogP contribution is -2.20. The van der Waals surface area contributed by atoms with E-state index >= 15 is 0 Å². The van der Waals surface area contributed by atoms with Gasteiger partial charge in [0.25, 0.3) is 0 Å². The third-order valence-corrected chi connectivity index (χ3v) is 4.69. The number of benzene rings is 1. The molecule has 7 nitrogen and oxygen atoms in total. The van der Waals surface area contributed by atoms with Crippen molar-refractivity contribution in [3.63, 3.8) is 0 Å². The van der Waals surface area contributed by atoms with Gasteiger partial charge in [0.15, 0.2) is 11.5 Å². The summed E-state index contributed by atoms with van der Waals surface area (Å²) in [6.07, 6.45) is 1.89. The summed E-state index contributed by atoms with van der Waals surface area (Å²) in [5, 5.41) is 4.61. The minimum atomic E-state index is 0.0730. The maximum absolute atomic E-state index is 5.76. The number of aromatic amines is 1. The fourth-order valence-corrected chi connectivity index (χ4v) is 3.28. The van der Waals surface area contributed by atoms with Gasteiger partial charge < -0.3 is 24.7 Å². The molecule has 2 aromatic heterocycles. The van der Waals surface area contributed by atoms with Gasteiger partial charge in [-0.2, -0.15) is 9.97 Å². The molecule has 0 aliphatic carbocycles. The lowest BCUT2D eigenvalue weighted by Gasteiger charge is -2.26. The maximum Gasteiger partial charge on any atom is 0.228 e. The lowest BCUT2D eigenvalue weighted by atomic mass is 9.95. The van der Waals surface area contributed by atoms with Crippen molar-refractivity contribution in [1.82, 2.24) is 15.0 Å². The van der Waals surface area contributed by atoms with Crippen LogP contribution < -0.4 is 19.7 Å². The first-order valence-electron chi connectivity index (χ1n) is 9.21. The van der Waals surface area contributed by atoms with Crippen molar-refractivity contribution in [3.05, 3.63) is 36.0 Å². The first-order chi connectivity index (χ1) is 13.0. The van der Waals surface area contributed by atoms with Crippen molar-refractivity contribution >= 4 is 22.8 Å². The fraction of sp³-hybridized carbons (Fsp3) is 0.400. The average Bonchev–Trinajstić information content (AvgIpc) is 3.14. The number of H-pyrrole nitrogens is 1. The zero-order valence-corrected chi connectivity index (χ0v) is 16.1. The monoisotopic (exact) mass is 367 g/mol. The number of rotatable bonds is 5. The molecule has 27 heavy (non-hydrogen) atoms. The van der Waals surface area contributed by atoms with Gasteiger partial charge in [-0.15, -0.1) is 0 Å².